The third-order valence-corrected chi connectivity index (χ3v) is 7.07. The Balaban J connectivity index is 1.41. The van der Waals surface area contributed by atoms with Crippen molar-refractivity contribution in [1.29, 1.82) is 0 Å². The SMILES string of the molecule is NC(=O)c1ccc(N2CCCC(n3cnc4ccc(F)cc4c3=O)C2)c2cc(-c3ccc(F)cc3)[nH]c12. The van der Waals surface area contributed by atoms with Crippen molar-refractivity contribution in [1.82, 2.24) is 14.5 Å². The van der Waals surface area contributed by atoms with E-state index in [1.807, 2.05) is 12.1 Å². The number of piperidine rings is 1. The van der Waals surface area contributed by atoms with Gasteiger partial charge >= 0.3 is 0 Å². The number of benzene rings is 3. The first-order valence-electron chi connectivity index (χ1n) is 12.0. The smallest absolute Gasteiger partial charge is 0.261 e. The van der Waals surface area contributed by atoms with Gasteiger partial charge in [-0.3, -0.25) is 14.2 Å². The van der Waals surface area contributed by atoms with E-state index in [0.29, 0.717) is 23.1 Å². The van der Waals surface area contributed by atoms with Gasteiger partial charge in [0.2, 0.25) is 0 Å². The molecule has 3 N–H and O–H groups in total. The molecule has 0 saturated carbocycles. The molecule has 0 bridgehead atoms. The first kappa shape index (κ1) is 22.9. The van der Waals surface area contributed by atoms with Gasteiger partial charge in [0, 0.05) is 29.9 Å². The van der Waals surface area contributed by atoms with E-state index in [0.717, 1.165) is 41.7 Å². The Morgan fingerprint density at radius 2 is 1.78 bits per heavy atom. The molecule has 5 aromatic rings. The first-order chi connectivity index (χ1) is 17.9. The Kier molecular flexibility index (Phi) is 5.48. The molecule has 2 aromatic heterocycles. The highest BCUT2D eigenvalue weighted by Crippen LogP contribution is 2.36. The molecule has 1 aliphatic rings. The lowest BCUT2D eigenvalue weighted by atomic mass is 10.0. The van der Waals surface area contributed by atoms with Crippen molar-refractivity contribution < 1.29 is 13.6 Å². The number of hydrogen-bond acceptors (Lipinski definition) is 4. The molecule has 1 fully saturated rings. The fraction of sp³-hybridized carbons (Fsp3) is 0.179. The van der Waals surface area contributed by atoms with Crippen LogP contribution in [0.25, 0.3) is 33.1 Å². The number of anilines is 1. The highest BCUT2D eigenvalue weighted by Gasteiger charge is 2.26. The van der Waals surface area contributed by atoms with Crippen LogP contribution < -0.4 is 16.2 Å². The summed E-state index contributed by atoms with van der Waals surface area (Å²) in [6, 6.07) is 15.5. The zero-order chi connectivity index (χ0) is 25.7. The molecule has 1 unspecified atom stereocenters. The molecule has 1 atom stereocenters. The Morgan fingerprint density at radius 3 is 2.57 bits per heavy atom. The number of rotatable bonds is 4. The average molecular weight is 500 g/mol. The highest BCUT2D eigenvalue weighted by atomic mass is 19.1. The number of primary amides is 1. The van der Waals surface area contributed by atoms with Crippen molar-refractivity contribution in [3.63, 3.8) is 0 Å². The van der Waals surface area contributed by atoms with Gasteiger partial charge in [-0.1, -0.05) is 0 Å². The second kappa shape index (κ2) is 8.85. The van der Waals surface area contributed by atoms with Crippen LogP contribution in [0.4, 0.5) is 14.5 Å². The van der Waals surface area contributed by atoms with Crippen molar-refractivity contribution in [2.45, 2.75) is 18.9 Å². The Hall–Kier alpha value is -4.53. The molecule has 3 heterocycles. The highest BCUT2D eigenvalue weighted by molar-refractivity contribution is 6.10. The van der Waals surface area contributed by atoms with Gasteiger partial charge in [0.05, 0.1) is 34.4 Å². The second-order valence-electron chi connectivity index (χ2n) is 9.34. The summed E-state index contributed by atoms with van der Waals surface area (Å²) in [5, 5.41) is 1.06. The molecule has 1 amide bonds. The Labute approximate surface area is 210 Å². The zero-order valence-corrected chi connectivity index (χ0v) is 19.7. The van der Waals surface area contributed by atoms with Gasteiger partial charge < -0.3 is 15.6 Å². The number of nitrogens with one attached hydrogen (secondary N) is 1. The van der Waals surface area contributed by atoms with Crippen LogP contribution >= 0.6 is 0 Å². The summed E-state index contributed by atoms with van der Waals surface area (Å²) < 4.78 is 28.9. The minimum atomic E-state index is -0.554. The van der Waals surface area contributed by atoms with Crippen molar-refractivity contribution in [3.8, 4) is 11.3 Å². The molecule has 0 spiro atoms. The van der Waals surface area contributed by atoms with Crippen LogP contribution in [-0.4, -0.2) is 33.5 Å². The van der Waals surface area contributed by atoms with Gasteiger partial charge in [-0.2, -0.15) is 0 Å². The molecule has 0 aliphatic carbocycles. The van der Waals surface area contributed by atoms with Gasteiger partial charge in [-0.25, -0.2) is 13.8 Å². The van der Waals surface area contributed by atoms with Crippen molar-refractivity contribution in [3.05, 3.63) is 94.5 Å². The van der Waals surface area contributed by atoms with Gasteiger partial charge in [0.25, 0.3) is 11.5 Å². The maximum absolute atomic E-state index is 13.8. The summed E-state index contributed by atoms with van der Waals surface area (Å²) in [6.45, 7) is 1.29. The number of H-pyrrole nitrogens is 1. The Bertz CT molecular complexity index is 1730. The van der Waals surface area contributed by atoms with E-state index in [9.17, 15) is 18.4 Å². The van der Waals surface area contributed by atoms with Gasteiger partial charge in [-0.05, 0) is 79.1 Å². The molecular weight excluding hydrogens is 476 g/mol. The van der Waals surface area contributed by atoms with Crippen LogP contribution in [0.5, 0.6) is 0 Å². The number of nitrogens with two attached hydrogens (primary N) is 1. The lowest BCUT2D eigenvalue weighted by molar-refractivity contribution is 0.100. The van der Waals surface area contributed by atoms with E-state index in [-0.39, 0.29) is 22.8 Å². The fourth-order valence-electron chi connectivity index (χ4n) is 5.24. The van der Waals surface area contributed by atoms with Gasteiger partial charge in [0.1, 0.15) is 11.6 Å². The maximum atomic E-state index is 13.8. The lowest BCUT2D eigenvalue weighted by Crippen LogP contribution is -2.40. The third-order valence-electron chi connectivity index (χ3n) is 7.07. The maximum Gasteiger partial charge on any atom is 0.261 e. The van der Waals surface area contributed by atoms with Crippen LogP contribution in [0.2, 0.25) is 0 Å². The summed E-state index contributed by atoms with van der Waals surface area (Å²) in [4.78, 5) is 35.2. The molecule has 1 aliphatic heterocycles. The quantitative estimate of drug-likeness (QED) is 0.373. The molecule has 186 valence electrons. The van der Waals surface area contributed by atoms with Crippen LogP contribution in [0.3, 0.4) is 0 Å². The monoisotopic (exact) mass is 499 g/mol. The molecular formula is C28H23F2N5O2. The lowest BCUT2D eigenvalue weighted by Gasteiger charge is -2.35. The average Bonchev–Trinajstić information content (AvgIpc) is 3.34. The van der Waals surface area contributed by atoms with Crippen LogP contribution in [0.15, 0.2) is 71.8 Å². The molecule has 1 saturated heterocycles. The van der Waals surface area contributed by atoms with E-state index in [2.05, 4.69) is 14.9 Å². The van der Waals surface area contributed by atoms with Crippen LogP contribution in [0, 0.1) is 11.6 Å². The van der Waals surface area contributed by atoms with E-state index in [1.165, 1.54) is 36.7 Å². The molecule has 3 aromatic carbocycles. The largest absolute Gasteiger partial charge is 0.369 e. The number of amides is 1. The number of aromatic nitrogens is 3. The number of aromatic amines is 1. The summed E-state index contributed by atoms with van der Waals surface area (Å²) in [5.41, 5.74) is 9.20. The number of carbonyl (C=O) groups excluding carboxylic acids is 1. The molecule has 7 nitrogen and oxygen atoms in total. The number of hydrogen-bond donors (Lipinski definition) is 2. The number of carbonyl (C=O) groups is 1. The molecule has 0 radical (unpaired) electrons. The minimum Gasteiger partial charge on any atom is -0.369 e. The third kappa shape index (κ3) is 4.02. The van der Waals surface area contributed by atoms with Crippen molar-refractivity contribution >= 4 is 33.4 Å². The van der Waals surface area contributed by atoms with E-state index in [4.69, 9.17) is 5.73 Å². The van der Waals surface area contributed by atoms with Gasteiger partial charge in [0.15, 0.2) is 0 Å². The molecule has 9 heteroatoms. The summed E-state index contributed by atoms with van der Waals surface area (Å²) in [5.74, 6) is -1.36. The standard InChI is InChI=1S/C28H23F2N5O2/c29-17-5-3-16(4-6-17)24-13-22-25(10-8-20(27(31)36)26(22)33-24)34-11-1-2-19(14-34)35-15-32-23-9-7-18(30)12-21(23)28(35)37/h3-10,12-13,15,19,33H,1-2,11,14H2,(H2,31,36). The zero-order valence-electron chi connectivity index (χ0n) is 19.7. The predicted molar refractivity (Wildman–Crippen MR) is 139 cm³/mol. The van der Waals surface area contributed by atoms with E-state index < -0.39 is 11.7 Å². The van der Waals surface area contributed by atoms with Crippen molar-refractivity contribution in [2.75, 3.05) is 18.0 Å². The first-order valence-corrected chi connectivity index (χ1v) is 12.0. The minimum absolute atomic E-state index is 0.164. The number of halogens is 2. The predicted octanol–water partition coefficient (Wildman–Crippen LogP) is 4.76. The molecule has 6 rings (SSSR count). The normalized spacial score (nSPS) is 15.9. The summed E-state index contributed by atoms with van der Waals surface area (Å²) in [7, 11) is 0. The van der Waals surface area contributed by atoms with E-state index >= 15 is 0 Å². The second-order valence-corrected chi connectivity index (χ2v) is 9.34. The van der Waals surface area contributed by atoms with E-state index in [1.54, 1.807) is 22.8 Å². The number of nitrogens with zero attached hydrogens (tertiary/aromatic N) is 3. The fourth-order valence-corrected chi connectivity index (χ4v) is 5.24. The number of fused-ring (bicyclic) bond motifs is 2. The topological polar surface area (TPSA) is 97.0 Å². The summed E-state index contributed by atoms with van der Waals surface area (Å²) >= 11 is 0. The van der Waals surface area contributed by atoms with Gasteiger partial charge in [-0.15, -0.1) is 0 Å². The summed E-state index contributed by atoms with van der Waals surface area (Å²) in [6.07, 6.45) is 3.13. The molecule has 37 heavy (non-hydrogen) atoms. The van der Waals surface area contributed by atoms with Crippen molar-refractivity contribution in [2.24, 2.45) is 5.73 Å². The Morgan fingerprint density at radius 1 is 1.00 bits per heavy atom. The van der Waals surface area contributed by atoms with Crippen LogP contribution in [-0.2, 0) is 0 Å². The van der Waals surface area contributed by atoms with Crippen LogP contribution in [0.1, 0.15) is 29.2 Å².